The SMILES string of the molecule is CCCNc1cc(C)ncc1C(=O)N(CCC)CCO. The predicted octanol–water partition coefficient (Wildman–Crippen LogP) is 2.06. The van der Waals surface area contributed by atoms with Crippen LogP contribution in [0, 0.1) is 6.92 Å². The van der Waals surface area contributed by atoms with Crippen molar-refractivity contribution in [2.24, 2.45) is 0 Å². The highest BCUT2D eigenvalue weighted by Crippen LogP contribution is 2.18. The molecule has 0 aromatic carbocycles. The highest BCUT2D eigenvalue weighted by atomic mass is 16.3. The summed E-state index contributed by atoms with van der Waals surface area (Å²) >= 11 is 0. The van der Waals surface area contributed by atoms with E-state index in [1.54, 1.807) is 11.1 Å². The van der Waals surface area contributed by atoms with Crippen LogP contribution in [-0.4, -0.2) is 47.1 Å². The van der Waals surface area contributed by atoms with Gasteiger partial charge < -0.3 is 15.3 Å². The molecule has 1 aromatic heterocycles. The van der Waals surface area contributed by atoms with Crippen molar-refractivity contribution in [3.63, 3.8) is 0 Å². The van der Waals surface area contributed by atoms with E-state index in [0.717, 1.165) is 30.8 Å². The first kappa shape index (κ1) is 16.4. The minimum Gasteiger partial charge on any atom is -0.395 e. The Labute approximate surface area is 121 Å². The Morgan fingerprint density at radius 1 is 1.35 bits per heavy atom. The molecule has 20 heavy (non-hydrogen) atoms. The molecule has 1 amide bonds. The van der Waals surface area contributed by atoms with E-state index in [1.165, 1.54) is 0 Å². The standard InChI is InChI=1S/C15H25N3O2/c1-4-6-16-14-10-12(3)17-11-13(14)15(20)18(7-5-2)8-9-19/h10-11,19H,4-9H2,1-3H3,(H,16,17). The van der Waals surface area contributed by atoms with Gasteiger partial charge in [-0.3, -0.25) is 9.78 Å². The molecule has 0 spiro atoms. The molecular weight excluding hydrogens is 254 g/mol. The number of aliphatic hydroxyl groups excluding tert-OH is 1. The normalized spacial score (nSPS) is 10.4. The monoisotopic (exact) mass is 279 g/mol. The Morgan fingerprint density at radius 3 is 2.70 bits per heavy atom. The average Bonchev–Trinajstić information content (AvgIpc) is 2.44. The van der Waals surface area contributed by atoms with E-state index in [0.29, 0.717) is 18.7 Å². The third-order valence-electron chi connectivity index (χ3n) is 2.99. The van der Waals surface area contributed by atoms with Gasteiger partial charge in [-0.15, -0.1) is 0 Å². The number of pyridine rings is 1. The van der Waals surface area contributed by atoms with Crippen molar-refractivity contribution in [1.29, 1.82) is 0 Å². The number of carbonyl (C=O) groups is 1. The number of rotatable bonds is 8. The van der Waals surface area contributed by atoms with Gasteiger partial charge >= 0.3 is 0 Å². The van der Waals surface area contributed by atoms with E-state index in [1.807, 2.05) is 19.9 Å². The van der Waals surface area contributed by atoms with Crippen molar-refractivity contribution >= 4 is 11.6 Å². The van der Waals surface area contributed by atoms with Gasteiger partial charge in [-0.2, -0.15) is 0 Å². The summed E-state index contributed by atoms with van der Waals surface area (Å²) in [6.07, 6.45) is 3.47. The Hall–Kier alpha value is -1.62. The van der Waals surface area contributed by atoms with Gasteiger partial charge in [-0.25, -0.2) is 0 Å². The molecule has 1 heterocycles. The quantitative estimate of drug-likeness (QED) is 0.764. The third kappa shape index (κ3) is 4.49. The van der Waals surface area contributed by atoms with E-state index in [4.69, 9.17) is 5.11 Å². The van der Waals surface area contributed by atoms with Crippen molar-refractivity contribution < 1.29 is 9.90 Å². The predicted molar refractivity (Wildman–Crippen MR) is 81.0 cm³/mol. The number of amides is 1. The van der Waals surface area contributed by atoms with E-state index in [2.05, 4.69) is 17.2 Å². The van der Waals surface area contributed by atoms with Gasteiger partial charge in [0.05, 0.1) is 17.9 Å². The van der Waals surface area contributed by atoms with Gasteiger partial charge in [0.2, 0.25) is 0 Å². The van der Waals surface area contributed by atoms with Crippen LogP contribution in [0.25, 0.3) is 0 Å². The van der Waals surface area contributed by atoms with E-state index < -0.39 is 0 Å². The molecule has 0 aliphatic rings. The summed E-state index contributed by atoms with van der Waals surface area (Å²) in [5.41, 5.74) is 2.28. The number of anilines is 1. The fourth-order valence-electron chi connectivity index (χ4n) is 2.01. The summed E-state index contributed by atoms with van der Waals surface area (Å²) in [6, 6.07) is 1.89. The number of nitrogens with zero attached hydrogens (tertiary/aromatic N) is 2. The van der Waals surface area contributed by atoms with Crippen molar-refractivity contribution in [1.82, 2.24) is 9.88 Å². The van der Waals surface area contributed by atoms with Gasteiger partial charge in [0.25, 0.3) is 5.91 Å². The topological polar surface area (TPSA) is 65.5 Å². The second kappa shape index (κ2) is 8.53. The summed E-state index contributed by atoms with van der Waals surface area (Å²) < 4.78 is 0. The van der Waals surface area contributed by atoms with Crippen LogP contribution in [-0.2, 0) is 0 Å². The molecule has 0 fully saturated rings. The zero-order valence-electron chi connectivity index (χ0n) is 12.6. The molecule has 1 aromatic rings. The maximum atomic E-state index is 12.6. The smallest absolute Gasteiger partial charge is 0.257 e. The fraction of sp³-hybridized carbons (Fsp3) is 0.600. The van der Waals surface area contributed by atoms with Crippen LogP contribution in [0.15, 0.2) is 12.3 Å². The second-order valence-corrected chi connectivity index (χ2v) is 4.81. The van der Waals surface area contributed by atoms with Gasteiger partial charge in [-0.1, -0.05) is 13.8 Å². The van der Waals surface area contributed by atoms with Gasteiger partial charge in [0, 0.05) is 31.5 Å². The minimum absolute atomic E-state index is 0.0250. The second-order valence-electron chi connectivity index (χ2n) is 4.81. The van der Waals surface area contributed by atoms with Crippen molar-refractivity contribution in [3.8, 4) is 0 Å². The first-order valence-electron chi connectivity index (χ1n) is 7.24. The van der Waals surface area contributed by atoms with Crippen molar-refractivity contribution in [3.05, 3.63) is 23.5 Å². The maximum Gasteiger partial charge on any atom is 0.257 e. The molecule has 5 nitrogen and oxygen atoms in total. The van der Waals surface area contributed by atoms with Crippen LogP contribution >= 0.6 is 0 Å². The summed E-state index contributed by atoms with van der Waals surface area (Å²) in [6.45, 7) is 7.79. The van der Waals surface area contributed by atoms with Gasteiger partial charge in [0.15, 0.2) is 0 Å². The van der Waals surface area contributed by atoms with Gasteiger partial charge in [-0.05, 0) is 25.8 Å². The number of aryl methyl sites for hydroxylation is 1. The molecule has 0 bridgehead atoms. The molecule has 0 saturated carbocycles. The first-order chi connectivity index (χ1) is 9.63. The lowest BCUT2D eigenvalue weighted by atomic mass is 10.1. The number of hydrogen-bond acceptors (Lipinski definition) is 4. The maximum absolute atomic E-state index is 12.6. The number of nitrogens with one attached hydrogen (secondary N) is 1. The molecular formula is C15H25N3O2. The molecule has 0 unspecified atom stereocenters. The molecule has 1 rings (SSSR count). The largest absolute Gasteiger partial charge is 0.395 e. The van der Waals surface area contributed by atoms with Crippen molar-refractivity contribution in [2.75, 3.05) is 31.6 Å². The van der Waals surface area contributed by atoms with Crippen LogP contribution in [0.3, 0.4) is 0 Å². The lowest BCUT2D eigenvalue weighted by molar-refractivity contribution is 0.0722. The Bertz CT molecular complexity index is 429. The number of aromatic nitrogens is 1. The fourth-order valence-corrected chi connectivity index (χ4v) is 2.01. The molecule has 0 saturated heterocycles. The number of carbonyl (C=O) groups excluding carboxylic acids is 1. The number of aliphatic hydroxyl groups is 1. The van der Waals surface area contributed by atoms with E-state index >= 15 is 0 Å². The highest BCUT2D eigenvalue weighted by molar-refractivity contribution is 5.99. The van der Waals surface area contributed by atoms with Crippen LogP contribution in [0.5, 0.6) is 0 Å². The Morgan fingerprint density at radius 2 is 2.10 bits per heavy atom. The summed E-state index contributed by atoms with van der Waals surface area (Å²) in [5.74, 6) is -0.0768. The summed E-state index contributed by atoms with van der Waals surface area (Å²) in [5, 5.41) is 12.4. The zero-order chi connectivity index (χ0) is 15.0. The van der Waals surface area contributed by atoms with Gasteiger partial charge in [0.1, 0.15) is 0 Å². The number of hydrogen-bond donors (Lipinski definition) is 2. The molecule has 0 radical (unpaired) electrons. The summed E-state index contributed by atoms with van der Waals surface area (Å²) in [7, 11) is 0. The lowest BCUT2D eigenvalue weighted by Crippen LogP contribution is -2.34. The van der Waals surface area contributed by atoms with Crippen LogP contribution in [0.1, 0.15) is 42.7 Å². The van der Waals surface area contributed by atoms with Crippen LogP contribution in [0.2, 0.25) is 0 Å². The minimum atomic E-state index is -0.0768. The Balaban J connectivity index is 2.99. The zero-order valence-corrected chi connectivity index (χ0v) is 12.6. The molecule has 0 atom stereocenters. The van der Waals surface area contributed by atoms with E-state index in [-0.39, 0.29) is 12.5 Å². The van der Waals surface area contributed by atoms with Crippen LogP contribution in [0.4, 0.5) is 5.69 Å². The molecule has 0 aliphatic carbocycles. The first-order valence-corrected chi connectivity index (χ1v) is 7.24. The lowest BCUT2D eigenvalue weighted by Gasteiger charge is -2.22. The summed E-state index contributed by atoms with van der Waals surface area (Å²) in [4.78, 5) is 18.4. The van der Waals surface area contributed by atoms with E-state index in [9.17, 15) is 4.79 Å². The average molecular weight is 279 g/mol. The third-order valence-corrected chi connectivity index (χ3v) is 2.99. The van der Waals surface area contributed by atoms with Crippen molar-refractivity contribution in [2.45, 2.75) is 33.6 Å². The Kier molecular flexibility index (Phi) is 7.01. The molecule has 5 heteroatoms. The molecule has 2 N–H and O–H groups in total. The van der Waals surface area contributed by atoms with Crippen LogP contribution < -0.4 is 5.32 Å². The molecule has 0 aliphatic heterocycles. The highest BCUT2D eigenvalue weighted by Gasteiger charge is 2.18. The molecule has 112 valence electrons.